The van der Waals surface area contributed by atoms with Crippen molar-refractivity contribution in [2.45, 2.75) is 25.9 Å². The van der Waals surface area contributed by atoms with Gasteiger partial charge in [-0.3, -0.25) is 0 Å². The van der Waals surface area contributed by atoms with E-state index in [2.05, 4.69) is 12.2 Å². The van der Waals surface area contributed by atoms with Crippen molar-refractivity contribution < 1.29 is 14.7 Å². The van der Waals surface area contributed by atoms with Crippen LogP contribution in [0.2, 0.25) is 0 Å². The van der Waals surface area contributed by atoms with Crippen LogP contribution in [0.4, 0.5) is 4.79 Å². The summed E-state index contributed by atoms with van der Waals surface area (Å²) in [5.41, 5.74) is 2.26. The number of hydrogen-bond acceptors (Lipinski definition) is 3. The van der Waals surface area contributed by atoms with Crippen molar-refractivity contribution in [1.29, 1.82) is 0 Å². The number of aliphatic carboxylic acids is 1. The minimum absolute atomic E-state index is 0.318. The standard InChI is InChI=1S/C14H18N2O3S/c1-2-10-3-5-11(6-4-10)7-15-14(19)16-9-20-8-12(16)13(17)18/h3-6,12H,2,7-9H2,1H3,(H,15,19)(H,17,18). The third-order valence-electron chi connectivity index (χ3n) is 3.30. The SMILES string of the molecule is CCc1ccc(CNC(=O)N2CSCC2C(=O)O)cc1. The van der Waals surface area contributed by atoms with Crippen LogP contribution in [-0.2, 0) is 17.8 Å². The van der Waals surface area contributed by atoms with Crippen molar-refractivity contribution in [1.82, 2.24) is 10.2 Å². The van der Waals surface area contributed by atoms with E-state index in [1.807, 2.05) is 24.3 Å². The Morgan fingerprint density at radius 1 is 1.35 bits per heavy atom. The molecule has 1 aromatic rings. The van der Waals surface area contributed by atoms with Gasteiger partial charge in [0.05, 0.1) is 5.88 Å². The van der Waals surface area contributed by atoms with Gasteiger partial charge in [-0.15, -0.1) is 11.8 Å². The van der Waals surface area contributed by atoms with E-state index in [1.54, 1.807) is 0 Å². The van der Waals surface area contributed by atoms with Crippen LogP contribution in [0.15, 0.2) is 24.3 Å². The molecule has 0 spiro atoms. The largest absolute Gasteiger partial charge is 0.480 e. The van der Waals surface area contributed by atoms with Gasteiger partial charge in [0, 0.05) is 12.3 Å². The number of benzene rings is 1. The predicted octanol–water partition coefficient (Wildman–Crippen LogP) is 1.92. The van der Waals surface area contributed by atoms with Crippen LogP contribution in [0.3, 0.4) is 0 Å². The Balaban J connectivity index is 1.89. The third-order valence-corrected chi connectivity index (χ3v) is 4.32. The molecule has 1 saturated heterocycles. The molecule has 1 aliphatic rings. The molecule has 1 atom stereocenters. The number of urea groups is 1. The number of carbonyl (C=O) groups is 2. The number of nitrogens with one attached hydrogen (secondary N) is 1. The van der Waals surface area contributed by atoms with E-state index in [-0.39, 0.29) is 6.03 Å². The van der Waals surface area contributed by atoms with Gasteiger partial charge in [-0.1, -0.05) is 31.2 Å². The highest BCUT2D eigenvalue weighted by molar-refractivity contribution is 7.99. The average molecular weight is 294 g/mol. The summed E-state index contributed by atoms with van der Waals surface area (Å²) in [6.45, 7) is 2.50. The Hall–Kier alpha value is -1.69. The molecule has 2 amide bonds. The topological polar surface area (TPSA) is 69.6 Å². The second-order valence-corrected chi connectivity index (χ2v) is 5.65. The number of thioether (sulfide) groups is 1. The number of aryl methyl sites for hydroxylation is 1. The molecule has 108 valence electrons. The summed E-state index contributed by atoms with van der Waals surface area (Å²) in [6.07, 6.45) is 0.984. The van der Waals surface area contributed by atoms with E-state index >= 15 is 0 Å². The molecule has 2 N–H and O–H groups in total. The van der Waals surface area contributed by atoms with Gasteiger partial charge in [0.25, 0.3) is 0 Å². The third kappa shape index (κ3) is 3.45. The van der Waals surface area contributed by atoms with Crippen molar-refractivity contribution >= 4 is 23.8 Å². The molecule has 1 unspecified atom stereocenters. The van der Waals surface area contributed by atoms with Gasteiger partial charge in [-0.05, 0) is 17.5 Å². The highest BCUT2D eigenvalue weighted by Crippen LogP contribution is 2.21. The molecule has 1 aliphatic heterocycles. The molecule has 0 saturated carbocycles. The van der Waals surface area contributed by atoms with Crippen LogP contribution < -0.4 is 5.32 Å². The first-order chi connectivity index (χ1) is 9.61. The Labute approximate surface area is 122 Å². The van der Waals surface area contributed by atoms with Gasteiger partial charge in [0.1, 0.15) is 6.04 Å². The summed E-state index contributed by atoms with van der Waals surface area (Å²) < 4.78 is 0. The van der Waals surface area contributed by atoms with Crippen molar-refractivity contribution in [2.24, 2.45) is 0 Å². The van der Waals surface area contributed by atoms with Crippen LogP contribution in [0.5, 0.6) is 0 Å². The summed E-state index contributed by atoms with van der Waals surface area (Å²) in [5, 5.41) is 11.8. The lowest BCUT2D eigenvalue weighted by Gasteiger charge is -2.20. The van der Waals surface area contributed by atoms with Crippen molar-refractivity contribution in [3.05, 3.63) is 35.4 Å². The number of amides is 2. The Bertz CT molecular complexity index is 490. The minimum atomic E-state index is -0.947. The lowest BCUT2D eigenvalue weighted by atomic mass is 10.1. The number of carboxylic acids is 1. The molecule has 0 aromatic heterocycles. The number of carbonyl (C=O) groups excluding carboxylic acids is 1. The molecule has 1 aromatic carbocycles. The number of rotatable bonds is 4. The molecule has 1 fully saturated rings. The first-order valence-electron chi connectivity index (χ1n) is 6.54. The molecule has 0 aliphatic carbocycles. The van der Waals surface area contributed by atoms with Gasteiger partial charge >= 0.3 is 12.0 Å². The lowest BCUT2D eigenvalue weighted by Crippen LogP contribution is -2.46. The van der Waals surface area contributed by atoms with Gasteiger partial charge < -0.3 is 15.3 Å². The van der Waals surface area contributed by atoms with Crippen molar-refractivity contribution in [3.8, 4) is 0 Å². The highest BCUT2D eigenvalue weighted by Gasteiger charge is 2.34. The zero-order valence-corrected chi connectivity index (χ0v) is 12.2. The van der Waals surface area contributed by atoms with E-state index in [0.29, 0.717) is 18.2 Å². The summed E-state index contributed by atoms with van der Waals surface area (Å²) in [5.74, 6) is -0.0663. The molecule has 1 heterocycles. The maximum absolute atomic E-state index is 12.0. The number of hydrogen-bond donors (Lipinski definition) is 2. The van der Waals surface area contributed by atoms with E-state index in [9.17, 15) is 9.59 Å². The van der Waals surface area contributed by atoms with Crippen LogP contribution in [0, 0.1) is 0 Å². The summed E-state index contributed by atoms with van der Waals surface area (Å²) in [4.78, 5) is 24.4. The second-order valence-electron chi connectivity index (χ2n) is 4.65. The zero-order chi connectivity index (χ0) is 14.5. The zero-order valence-electron chi connectivity index (χ0n) is 11.3. The summed E-state index contributed by atoms with van der Waals surface area (Å²) >= 11 is 1.46. The smallest absolute Gasteiger partial charge is 0.327 e. The summed E-state index contributed by atoms with van der Waals surface area (Å²) in [7, 11) is 0. The van der Waals surface area contributed by atoms with Crippen LogP contribution in [-0.4, -0.2) is 39.7 Å². The number of carboxylic acid groups (broad SMARTS) is 1. The highest BCUT2D eigenvalue weighted by atomic mass is 32.2. The van der Waals surface area contributed by atoms with E-state index in [0.717, 1.165) is 12.0 Å². The Morgan fingerprint density at radius 3 is 2.60 bits per heavy atom. The minimum Gasteiger partial charge on any atom is -0.480 e. The number of nitrogens with zero attached hydrogens (tertiary/aromatic N) is 1. The second kappa shape index (κ2) is 6.65. The first kappa shape index (κ1) is 14.7. The predicted molar refractivity (Wildman–Crippen MR) is 78.6 cm³/mol. The van der Waals surface area contributed by atoms with Gasteiger partial charge in [0.15, 0.2) is 0 Å². The monoisotopic (exact) mass is 294 g/mol. The fourth-order valence-electron chi connectivity index (χ4n) is 2.02. The summed E-state index contributed by atoms with van der Waals surface area (Å²) in [6, 6.07) is 6.99. The van der Waals surface area contributed by atoms with Gasteiger partial charge in [-0.2, -0.15) is 0 Å². The first-order valence-corrected chi connectivity index (χ1v) is 7.70. The molecule has 6 heteroatoms. The Morgan fingerprint density at radius 2 is 2.00 bits per heavy atom. The van der Waals surface area contributed by atoms with Gasteiger partial charge in [0.2, 0.25) is 0 Å². The fourth-order valence-corrected chi connectivity index (χ4v) is 3.16. The normalized spacial score (nSPS) is 18.1. The van der Waals surface area contributed by atoms with Crippen LogP contribution in [0.25, 0.3) is 0 Å². The molecule has 2 rings (SSSR count). The molecule has 0 bridgehead atoms. The van der Waals surface area contributed by atoms with Crippen molar-refractivity contribution in [3.63, 3.8) is 0 Å². The molecular formula is C14H18N2O3S. The fraction of sp³-hybridized carbons (Fsp3) is 0.429. The van der Waals surface area contributed by atoms with E-state index in [1.165, 1.54) is 22.2 Å². The average Bonchev–Trinajstić information content (AvgIpc) is 2.95. The van der Waals surface area contributed by atoms with E-state index in [4.69, 9.17) is 5.11 Å². The van der Waals surface area contributed by atoms with Crippen LogP contribution in [0.1, 0.15) is 18.1 Å². The molecule has 5 nitrogen and oxygen atoms in total. The van der Waals surface area contributed by atoms with E-state index < -0.39 is 12.0 Å². The van der Waals surface area contributed by atoms with Crippen LogP contribution >= 0.6 is 11.8 Å². The molecular weight excluding hydrogens is 276 g/mol. The maximum atomic E-state index is 12.0. The quantitative estimate of drug-likeness (QED) is 0.890. The van der Waals surface area contributed by atoms with Crippen molar-refractivity contribution in [2.75, 3.05) is 11.6 Å². The maximum Gasteiger partial charge on any atom is 0.327 e. The Kier molecular flexibility index (Phi) is 4.89. The van der Waals surface area contributed by atoms with Gasteiger partial charge in [-0.25, -0.2) is 9.59 Å². The molecule has 0 radical (unpaired) electrons. The molecule has 20 heavy (non-hydrogen) atoms. The lowest BCUT2D eigenvalue weighted by molar-refractivity contribution is -0.140.